The summed E-state index contributed by atoms with van der Waals surface area (Å²) in [6, 6.07) is 14.9. The molecular formula is C20H21BrN2O3. The lowest BCUT2D eigenvalue weighted by atomic mass is 10.1. The molecule has 0 unspecified atom stereocenters. The van der Waals surface area contributed by atoms with Crippen molar-refractivity contribution in [3.05, 3.63) is 64.1 Å². The standard InChI is InChI=1S/C20H21BrN2O3/c1-14-19(24)23(18-5-3-4-17(21)12-18)11-10-22(14)13-15-6-8-16(9-7-15)20(25)26-2/h3-9,12,14H,10-11,13H2,1-2H3/t14-/m1/s1. The first kappa shape index (κ1) is 18.6. The van der Waals surface area contributed by atoms with Crippen molar-refractivity contribution < 1.29 is 14.3 Å². The quantitative estimate of drug-likeness (QED) is 0.715. The summed E-state index contributed by atoms with van der Waals surface area (Å²) in [6.45, 7) is 4.05. The Morgan fingerprint density at radius 1 is 1.19 bits per heavy atom. The van der Waals surface area contributed by atoms with Gasteiger partial charge in [0.15, 0.2) is 0 Å². The number of carbonyl (C=O) groups excluding carboxylic acids is 2. The van der Waals surface area contributed by atoms with Crippen molar-refractivity contribution in [2.75, 3.05) is 25.1 Å². The number of hydrogen-bond acceptors (Lipinski definition) is 4. The molecule has 0 saturated carbocycles. The summed E-state index contributed by atoms with van der Waals surface area (Å²) in [4.78, 5) is 28.3. The lowest BCUT2D eigenvalue weighted by molar-refractivity contribution is -0.125. The molecule has 1 heterocycles. The van der Waals surface area contributed by atoms with E-state index in [1.54, 1.807) is 12.1 Å². The second-order valence-corrected chi connectivity index (χ2v) is 7.22. The molecule has 1 amide bonds. The number of halogens is 1. The summed E-state index contributed by atoms with van der Waals surface area (Å²) in [5.41, 5.74) is 2.51. The van der Waals surface area contributed by atoms with Crippen LogP contribution >= 0.6 is 15.9 Å². The Labute approximate surface area is 161 Å². The third-order valence-corrected chi connectivity index (χ3v) is 5.16. The molecule has 1 fully saturated rings. The summed E-state index contributed by atoms with van der Waals surface area (Å²) >= 11 is 3.46. The van der Waals surface area contributed by atoms with Crippen molar-refractivity contribution >= 4 is 33.5 Å². The van der Waals surface area contributed by atoms with E-state index in [2.05, 4.69) is 20.8 Å². The number of carbonyl (C=O) groups is 2. The minimum atomic E-state index is -0.345. The van der Waals surface area contributed by atoms with Crippen LogP contribution in [0.4, 0.5) is 5.69 Å². The average molecular weight is 417 g/mol. The maximum absolute atomic E-state index is 12.8. The number of nitrogens with zero attached hydrogens (tertiary/aromatic N) is 2. The summed E-state index contributed by atoms with van der Waals surface area (Å²) in [7, 11) is 1.37. The molecule has 2 aromatic rings. The van der Waals surface area contributed by atoms with Gasteiger partial charge in [0.2, 0.25) is 5.91 Å². The van der Waals surface area contributed by atoms with Gasteiger partial charge < -0.3 is 9.64 Å². The van der Waals surface area contributed by atoms with Crippen LogP contribution in [-0.4, -0.2) is 43.0 Å². The van der Waals surface area contributed by atoms with Gasteiger partial charge in [-0.05, 0) is 42.8 Å². The molecule has 3 rings (SSSR count). The number of benzene rings is 2. The molecule has 1 aliphatic rings. The molecule has 0 radical (unpaired) electrons. The van der Waals surface area contributed by atoms with Crippen LogP contribution in [0.2, 0.25) is 0 Å². The molecule has 0 aliphatic carbocycles. The Balaban J connectivity index is 1.68. The fourth-order valence-electron chi connectivity index (χ4n) is 3.13. The van der Waals surface area contributed by atoms with E-state index in [1.165, 1.54) is 7.11 Å². The molecule has 6 heteroatoms. The van der Waals surface area contributed by atoms with Gasteiger partial charge in [0.1, 0.15) is 0 Å². The fraction of sp³-hybridized carbons (Fsp3) is 0.300. The lowest BCUT2D eigenvalue weighted by Gasteiger charge is -2.39. The molecule has 0 bridgehead atoms. The van der Waals surface area contributed by atoms with Gasteiger partial charge in [-0.15, -0.1) is 0 Å². The van der Waals surface area contributed by atoms with Gasteiger partial charge >= 0.3 is 5.97 Å². The van der Waals surface area contributed by atoms with Crippen molar-refractivity contribution in [1.29, 1.82) is 0 Å². The summed E-state index contributed by atoms with van der Waals surface area (Å²) in [5.74, 6) is -0.247. The molecule has 1 aliphatic heterocycles. The molecule has 0 N–H and O–H groups in total. The molecule has 5 nitrogen and oxygen atoms in total. The monoisotopic (exact) mass is 416 g/mol. The van der Waals surface area contributed by atoms with E-state index >= 15 is 0 Å². The maximum Gasteiger partial charge on any atom is 0.337 e. The zero-order valence-electron chi connectivity index (χ0n) is 14.8. The van der Waals surface area contributed by atoms with Gasteiger partial charge in [0.05, 0.1) is 18.7 Å². The Hall–Kier alpha value is -2.18. The van der Waals surface area contributed by atoms with Gasteiger partial charge in [-0.25, -0.2) is 4.79 Å². The molecule has 1 atom stereocenters. The summed E-state index contributed by atoms with van der Waals surface area (Å²) in [6.07, 6.45) is 0. The van der Waals surface area contributed by atoms with Gasteiger partial charge in [0.25, 0.3) is 0 Å². The van der Waals surface area contributed by atoms with Crippen molar-refractivity contribution in [1.82, 2.24) is 4.90 Å². The van der Waals surface area contributed by atoms with E-state index in [4.69, 9.17) is 4.74 Å². The molecular weight excluding hydrogens is 396 g/mol. The van der Waals surface area contributed by atoms with Crippen LogP contribution in [0.5, 0.6) is 0 Å². The van der Waals surface area contributed by atoms with Crippen LogP contribution in [0.1, 0.15) is 22.8 Å². The first-order chi connectivity index (χ1) is 12.5. The Kier molecular flexibility index (Phi) is 5.74. The fourth-order valence-corrected chi connectivity index (χ4v) is 3.52. The molecule has 0 aromatic heterocycles. The Morgan fingerprint density at radius 3 is 2.58 bits per heavy atom. The van der Waals surface area contributed by atoms with Crippen molar-refractivity contribution in [3.8, 4) is 0 Å². The maximum atomic E-state index is 12.8. The third kappa shape index (κ3) is 3.97. The van der Waals surface area contributed by atoms with Crippen molar-refractivity contribution in [2.24, 2.45) is 0 Å². The molecule has 0 spiro atoms. The number of piperazine rings is 1. The predicted molar refractivity (Wildman–Crippen MR) is 104 cm³/mol. The van der Waals surface area contributed by atoms with Gasteiger partial charge in [-0.1, -0.05) is 34.1 Å². The normalized spacial score (nSPS) is 18.0. The predicted octanol–water partition coefficient (Wildman–Crippen LogP) is 3.47. The van der Waals surface area contributed by atoms with E-state index in [0.29, 0.717) is 18.7 Å². The topological polar surface area (TPSA) is 49.9 Å². The van der Waals surface area contributed by atoms with E-state index in [0.717, 1.165) is 22.3 Å². The smallest absolute Gasteiger partial charge is 0.337 e. The van der Waals surface area contributed by atoms with E-state index < -0.39 is 0 Å². The number of anilines is 1. The number of esters is 1. The van der Waals surface area contributed by atoms with Crippen LogP contribution in [-0.2, 0) is 16.1 Å². The Morgan fingerprint density at radius 2 is 1.92 bits per heavy atom. The van der Waals surface area contributed by atoms with Gasteiger partial charge in [-0.2, -0.15) is 0 Å². The number of amides is 1. The SMILES string of the molecule is COC(=O)c1ccc(CN2CCN(c3cccc(Br)c3)C(=O)[C@H]2C)cc1. The van der Waals surface area contributed by atoms with E-state index in [9.17, 15) is 9.59 Å². The van der Waals surface area contributed by atoms with Gasteiger partial charge in [0, 0.05) is 29.8 Å². The highest BCUT2D eigenvalue weighted by atomic mass is 79.9. The highest BCUT2D eigenvalue weighted by Crippen LogP contribution is 2.24. The summed E-state index contributed by atoms with van der Waals surface area (Å²) < 4.78 is 5.68. The minimum absolute atomic E-state index is 0.0977. The highest BCUT2D eigenvalue weighted by Gasteiger charge is 2.32. The van der Waals surface area contributed by atoms with Crippen molar-refractivity contribution in [2.45, 2.75) is 19.5 Å². The molecule has 26 heavy (non-hydrogen) atoms. The zero-order valence-corrected chi connectivity index (χ0v) is 16.4. The highest BCUT2D eigenvalue weighted by molar-refractivity contribution is 9.10. The third-order valence-electron chi connectivity index (χ3n) is 4.66. The summed E-state index contributed by atoms with van der Waals surface area (Å²) in [5, 5.41) is 0. The first-order valence-electron chi connectivity index (χ1n) is 8.48. The van der Waals surface area contributed by atoms with Crippen LogP contribution in [0, 0.1) is 0 Å². The second kappa shape index (κ2) is 8.01. The number of rotatable bonds is 4. The van der Waals surface area contributed by atoms with Crippen molar-refractivity contribution in [3.63, 3.8) is 0 Å². The van der Waals surface area contributed by atoms with E-state index in [1.807, 2.05) is 48.2 Å². The van der Waals surface area contributed by atoms with Crippen LogP contribution in [0.15, 0.2) is 53.0 Å². The number of ether oxygens (including phenoxy) is 1. The molecule has 136 valence electrons. The lowest BCUT2D eigenvalue weighted by Crippen LogP contribution is -2.55. The van der Waals surface area contributed by atoms with E-state index in [-0.39, 0.29) is 17.9 Å². The zero-order chi connectivity index (χ0) is 18.7. The average Bonchev–Trinajstić information content (AvgIpc) is 2.65. The molecule has 1 saturated heterocycles. The number of methoxy groups -OCH3 is 1. The first-order valence-corrected chi connectivity index (χ1v) is 9.27. The largest absolute Gasteiger partial charge is 0.465 e. The minimum Gasteiger partial charge on any atom is -0.465 e. The van der Waals surface area contributed by atoms with Gasteiger partial charge in [-0.3, -0.25) is 9.69 Å². The van der Waals surface area contributed by atoms with Crippen LogP contribution in [0.3, 0.4) is 0 Å². The molecule has 2 aromatic carbocycles. The second-order valence-electron chi connectivity index (χ2n) is 6.30. The number of hydrogen-bond donors (Lipinski definition) is 0. The Bertz CT molecular complexity index is 807. The van der Waals surface area contributed by atoms with Crippen LogP contribution in [0.25, 0.3) is 0 Å². The van der Waals surface area contributed by atoms with Crippen LogP contribution < -0.4 is 4.90 Å².